The van der Waals surface area contributed by atoms with Crippen molar-refractivity contribution in [2.45, 2.75) is 6.92 Å². The molecule has 0 aromatic heterocycles. The lowest BCUT2D eigenvalue weighted by molar-refractivity contribution is 1.45. The smallest absolute Gasteiger partial charge is 0.0912 e. The van der Waals surface area contributed by atoms with Gasteiger partial charge in [-0.25, -0.2) is 0 Å². The molecule has 0 radical (unpaired) electrons. The molecule has 0 bridgehead atoms. The first kappa shape index (κ1) is 12.7. The van der Waals surface area contributed by atoms with E-state index < -0.39 is 0 Å². The lowest BCUT2D eigenvalue weighted by atomic mass is 10.1. The number of hydrogen-bond acceptors (Lipinski definition) is 1. The quantitative estimate of drug-likeness (QED) is 0.550. The summed E-state index contributed by atoms with van der Waals surface area (Å²) < 4.78 is 0. The molecule has 0 aliphatic carbocycles. The standard InChI is InChI=1S/C16H15N/c1-3-14(2)16(10-7-13-17)12-11-15-8-5-4-6-9-15/h3-12H,1H2,2H3. The Hall–Kier alpha value is -2.33. The van der Waals surface area contributed by atoms with Gasteiger partial charge in [0, 0.05) is 6.08 Å². The van der Waals surface area contributed by atoms with Gasteiger partial charge in [0.15, 0.2) is 0 Å². The number of benzene rings is 1. The Kier molecular flexibility index (Phi) is 5.27. The number of nitriles is 1. The van der Waals surface area contributed by atoms with E-state index in [9.17, 15) is 0 Å². The molecule has 0 aliphatic rings. The SMILES string of the molecule is C=CC(C)=C(C=CC#N)C=Cc1ccccc1. The first-order valence-electron chi connectivity index (χ1n) is 5.40. The third-order valence-corrected chi connectivity index (χ3v) is 2.35. The van der Waals surface area contributed by atoms with Crippen molar-refractivity contribution >= 4 is 6.08 Å². The third kappa shape index (κ3) is 4.36. The lowest BCUT2D eigenvalue weighted by Gasteiger charge is -1.98. The Morgan fingerprint density at radius 1 is 1.24 bits per heavy atom. The van der Waals surface area contributed by atoms with Gasteiger partial charge < -0.3 is 0 Å². The van der Waals surface area contributed by atoms with Crippen LogP contribution in [0.2, 0.25) is 0 Å². The van der Waals surface area contributed by atoms with E-state index in [1.807, 2.05) is 55.5 Å². The van der Waals surface area contributed by atoms with E-state index >= 15 is 0 Å². The van der Waals surface area contributed by atoms with Crippen molar-refractivity contribution < 1.29 is 0 Å². The van der Waals surface area contributed by atoms with Crippen molar-refractivity contribution in [1.82, 2.24) is 0 Å². The van der Waals surface area contributed by atoms with Crippen molar-refractivity contribution in [2.24, 2.45) is 0 Å². The maximum Gasteiger partial charge on any atom is 0.0912 e. The van der Waals surface area contributed by atoms with E-state index in [0.29, 0.717) is 0 Å². The fourth-order valence-corrected chi connectivity index (χ4v) is 1.31. The third-order valence-electron chi connectivity index (χ3n) is 2.35. The van der Waals surface area contributed by atoms with Crippen LogP contribution >= 0.6 is 0 Å². The number of nitrogens with zero attached hydrogens (tertiary/aromatic N) is 1. The monoisotopic (exact) mass is 221 g/mol. The molecular formula is C16H15N. The summed E-state index contributed by atoms with van der Waals surface area (Å²) in [6, 6.07) is 12.0. The van der Waals surface area contributed by atoms with Gasteiger partial charge in [0.1, 0.15) is 0 Å². The summed E-state index contributed by atoms with van der Waals surface area (Å²) in [5.74, 6) is 0. The van der Waals surface area contributed by atoms with E-state index in [-0.39, 0.29) is 0 Å². The summed E-state index contributed by atoms with van der Waals surface area (Å²) in [5, 5.41) is 8.55. The van der Waals surface area contributed by atoms with Gasteiger partial charge in [-0.2, -0.15) is 5.26 Å². The molecule has 1 rings (SSSR count). The van der Waals surface area contributed by atoms with Crippen molar-refractivity contribution in [3.05, 3.63) is 77.9 Å². The molecule has 0 saturated carbocycles. The molecule has 0 aliphatic heterocycles. The summed E-state index contributed by atoms with van der Waals surface area (Å²) in [6.45, 7) is 5.71. The molecule has 0 saturated heterocycles. The predicted octanol–water partition coefficient (Wildman–Crippen LogP) is 4.28. The van der Waals surface area contributed by atoms with Crippen molar-refractivity contribution in [3.8, 4) is 6.07 Å². The first-order chi connectivity index (χ1) is 8.27. The Labute approximate surface area is 103 Å². The van der Waals surface area contributed by atoms with Crippen LogP contribution in [0, 0.1) is 11.3 Å². The van der Waals surface area contributed by atoms with Gasteiger partial charge in [-0.15, -0.1) is 0 Å². The molecule has 1 heteroatoms. The minimum atomic E-state index is 0.991. The summed E-state index contributed by atoms with van der Waals surface area (Å²) in [7, 11) is 0. The van der Waals surface area contributed by atoms with Gasteiger partial charge >= 0.3 is 0 Å². The summed E-state index contributed by atoms with van der Waals surface area (Å²) >= 11 is 0. The van der Waals surface area contributed by atoms with E-state index in [1.54, 1.807) is 12.2 Å². The number of allylic oxidation sites excluding steroid dienone is 6. The predicted molar refractivity (Wildman–Crippen MR) is 73.1 cm³/mol. The van der Waals surface area contributed by atoms with Crippen molar-refractivity contribution in [1.29, 1.82) is 5.26 Å². The Bertz CT molecular complexity index is 496. The fourth-order valence-electron chi connectivity index (χ4n) is 1.31. The Balaban J connectivity index is 2.96. The van der Waals surface area contributed by atoms with Crippen LogP contribution in [0.25, 0.3) is 6.08 Å². The Morgan fingerprint density at radius 3 is 2.53 bits per heavy atom. The van der Waals surface area contributed by atoms with Gasteiger partial charge in [-0.1, -0.05) is 55.1 Å². The average Bonchev–Trinajstić information content (AvgIpc) is 2.39. The molecule has 0 N–H and O–H groups in total. The maximum absolute atomic E-state index is 8.55. The van der Waals surface area contributed by atoms with Crippen LogP contribution in [0.4, 0.5) is 0 Å². The second-order valence-corrected chi connectivity index (χ2v) is 3.55. The summed E-state index contributed by atoms with van der Waals surface area (Å²) in [4.78, 5) is 0. The highest BCUT2D eigenvalue weighted by atomic mass is 14.2. The van der Waals surface area contributed by atoms with Gasteiger partial charge in [0.05, 0.1) is 6.07 Å². The van der Waals surface area contributed by atoms with Crippen LogP contribution in [0.3, 0.4) is 0 Å². The van der Waals surface area contributed by atoms with Crippen LogP contribution in [0.15, 0.2) is 72.4 Å². The zero-order chi connectivity index (χ0) is 12.5. The fraction of sp³-hybridized carbons (Fsp3) is 0.0625. The van der Waals surface area contributed by atoms with Crippen LogP contribution < -0.4 is 0 Å². The van der Waals surface area contributed by atoms with Crippen molar-refractivity contribution in [2.75, 3.05) is 0 Å². The second-order valence-electron chi connectivity index (χ2n) is 3.55. The number of hydrogen-bond donors (Lipinski definition) is 0. The maximum atomic E-state index is 8.55. The molecule has 1 nitrogen and oxygen atoms in total. The van der Waals surface area contributed by atoms with E-state index in [0.717, 1.165) is 16.7 Å². The minimum absolute atomic E-state index is 0.991. The molecule has 0 atom stereocenters. The van der Waals surface area contributed by atoms with Crippen LogP contribution in [-0.4, -0.2) is 0 Å². The molecule has 17 heavy (non-hydrogen) atoms. The molecule has 0 amide bonds. The molecule has 1 aromatic rings. The van der Waals surface area contributed by atoms with Gasteiger partial charge in [0.2, 0.25) is 0 Å². The minimum Gasteiger partial charge on any atom is -0.193 e. The normalized spacial score (nSPS) is 12.5. The van der Waals surface area contributed by atoms with E-state index in [1.165, 1.54) is 6.08 Å². The first-order valence-corrected chi connectivity index (χ1v) is 5.40. The summed E-state index contributed by atoms with van der Waals surface area (Å²) in [5.41, 5.74) is 3.17. The van der Waals surface area contributed by atoms with Crippen LogP contribution in [0.1, 0.15) is 12.5 Å². The van der Waals surface area contributed by atoms with Crippen molar-refractivity contribution in [3.63, 3.8) is 0 Å². The molecule has 0 fully saturated rings. The van der Waals surface area contributed by atoms with Crippen LogP contribution in [0.5, 0.6) is 0 Å². The van der Waals surface area contributed by atoms with E-state index in [2.05, 4.69) is 6.58 Å². The Morgan fingerprint density at radius 2 is 1.94 bits per heavy atom. The molecule has 1 aromatic carbocycles. The largest absolute Gasteiger partial charge is 0.193 e. The highest BCUT2D eigenvalue weighted by molar-refractivity contribution is 5.56. The molecule has 0 heterocycles. The highest BCUT2D eigenvalue weighted by Crippen LogP contribution is 2.11. The lowest BCUT2D eigenvalue weighted by Crippen LogP contribution is -1.78. The molecule has 84 valence electrons. The highest BCUT2D eigenvalue weighted by Gasteiger charge is 1.91. The topological polar surface area (TPSA) is 23.8 Å². The van der Waals surface area contributed by atoms with E-state index in [4.69, 9.17) is 5.26 Å². The van der Waals surface area contributed by atoms with Gasteiger partial charge in [0.25, 0.3) is 0 Å². The van der Waals surface area contributed by atoms with Gasteiger partial charge in [-0.05, 0) is 29.7 Å². The van der Waals surface area contributed by atoms with Gasteiger partial charge in [-0.3, -0.25) is 0 Å². The number of rotatable bonds is 4. The molecule has 0 spiro atoms. The summed E-state index contributed by atoms with van der Waals surface area (Å²) in [6.07, 6.45) is 9.05. The molecule has 0 unspecified atom stereocenters. The zero-order valence-corrected chi connectivity index (χ0v) is 9.93. The average molecular weight is 221 g/mol. The molecular weight excluding hydrogens is 206 g/mol. The zero-order valence-electron chi connectivity index (χ0n) is 9.93. The van der Waals surface area contributed by atoms with Crippen LogP contribution in [-0.2, 0) is 0 Å². The second kappa shape index (κ2) is 7.03.